The molecule has 0 bridgehead atoms. The fourth-order valence-corrected chi connectivity index (χ4v) is 6.19. The number of carbonyl (C=O) groups is 1. The second kappa shape index (κ2) is 9.19. The molecule has 0 aromatic heterocycles. The maximum Gasteiger partial charge on any atom is 0.246 e. The number of hydrogen-bond donors (Lipinski definition) is 1. The Morgan fingerprint density at radius 3 is 2.47 bits per heavy atom. The van der Waals surface area contributed by atoms with Crippen LogP contribution in [0.25, 0.3) is 0 Å². The molecule has 1 aliphatic heterocycles. The van der Waals surface area contributed by atoms with Crippen molar-refractivity contribution in [2.45, 2.75) is 55.8 Å². The summed E-state index contributed by atoms with van der Waals surface area (Å²) < 4.78 is 47.6. The first-order valence-electron chi connectivity index (χ1n) is 11.2. The van der Waals surface area contributed by atoms with Crippen LogP contribution in [0.3, 0.4) is 0 Å². The highest BCUT2D eigenvalue weighted by Crippen LogP contribution is 2.45. The molecule has 1 heterocycles. The molecular weight excluding hydrogens is 431 g/mol. The number of hydrogen-bond acceptors (Lipinski definition) is 4. The smallest absolute Gasteiger partial charge is 0.246 e. The van der Waals surface area contributed by atoms with E-state index in [0.29, 0.717) is 43.8 Å². The minimum atomic E-state index is -3.75. The summed E-state index contributed by atoms with van der Waals surface area (Å²) in [5.74, 6) is -0.350. The topological polar surface area (TPSA) is 75.7 Å². The van der Waals surface area contributed by atoms with Crippen molar-refractivity contribution in [2.24, 2.45) is 0 Å². The van der Waals surface area contributed by atoms with Gasteiger partial charge in [-0.3, -0.25) is 4.79 Å². The predicted octanol–water partition coefficient (Wildman–Crippen LogP) is 4.46. The van der Waals surface area contributed by atoms with Gasteiger partial charge in [0.2, 0.25) is 15.9 Å². The Morgan fingerprint density at radius 2 is 1.84 bits per heavy atom. The molecule has 8 heteroatoms. The van der Waals surface area contributed by atoms with Gasteiger partial charge in [-0.05, 0) is 68.5 Å². The van der Waals surface area contributed by atoms with Gasteiger partial charge in [0, 0.05) is 18.8 Å². The monoisotopic (exact) mass is 460 g/mol. The van der Waals surface area contributed by atoms with Crippen molar-refractivity contribution in [2.75, 3.05) is 25.0 Å². The van der Waals surface area contributed by atoms with Crippen molar-refractivity contribution >= 4 is 21.6 Å². The molecule has 2 aromatic carbocycles. The van der Waals surface area contributed by atoms with Crippen LogP contribution in [0, 0.1) is 5.82 Å². The van der Waals surface area contributed by atoms with Gasteiger partial charge in [-0.25, -0.2) is 12.8 Å². The highest BCUT2D eigenvalue weighted by molar-refractivity contribution is 7.89. The molecular formula is C24H29FN2O4S. The lowest BCUT2D eigenvalue weighted by atomic mass is 9.63. The Balaban J connectivity index is 1.64. The summed E-state index contributed by atoms with van der Waals surface area (Å²) >= 11 is 0. The van der Waals surface area contributed by atoms with Gasteiger partial charge in [-0.2, -0.15) is 4.31 Å². The lowest BCUT2D eigenvalue weighted by Crippen LogP contribution is -2.46. The molecule has 2 aromatic rings. The van der Waals surface area contributed by atoms with Gasteiger partial charge in [0.25, 0.3) is 0 Å². The summed E-state index contributed by atoms with van der Waals surface area (Å²) in [5.41, 5.74) is 0.233. The third kappa shape index (κ3) is 4.26. The number of sulfonamides is 1. The number of nitrogens with one attached hydrogen (secondary N) is 1. The Kier molecular flexibility index (Phi) is 6.53. The van der Waals surface area contributed by atoms with E-state index < -0.39 is 15.4 Å². The third-order valence-corrected chi connectivity index (χ3v) is 8.37. The highest BCUT2D eigenvalue weighted by Gasteiger charge is 2.46. The number of piperidine rings is 1. The normalized spacial score (nSPS) is 18.6. The largest absolute Gasteiger partial charge is 0.492 e. The van der Waals surface area contributed by atoms with Crippen LogP contribution in [0.4, 0.5) is 10.1 Å². The number of benzene rings is 2. The van der Waals surface area contributed by atoms with Crippen molar-refractivity contribution in [1.29, 1.82) is 0 Å². The Labute approximate surface area is 188 Å². The Morgan fingerprint density at radius 1 is 1.09 bits per heavy atom. The third-order valence-electron chi connectivity index (χ3n) is 6.45. The quantitative estimate of drug-likeness (QED) is 0.662. The van der Waals surface area contributed by atoms with Crippen molar-refractivity contribution in [3.8, 4) is 5.75 Å². The van der Waals surface area contributed by atoms with Crippen LogP contribution >= 0.6 is 0 Å². The summed E-state index contributed by atoms with van der Waals surface area (Å²) in [5, 5.41) is 2.89. The molecule has 1 amide bonds. The average Bonchev–Trinajstić information content (AvgIpc) is 2.75. The molecule has 1 aliphatic carbocycles. The minimum absolute atomic E-state index is 0.0625. The van der Waals surface area contributed by atoms with E-state index in [0.717, 1.165) is 25.7 Å². The van der Waals surface area contributed by atoms with E-state index in [-0.39, 0.29) is 22.4 Å². The summed E-state index contributed by atoms with van der Waals surface area (Å²) in [7, 11) is -3.75. The van der Waals surface area contributed by atoms with Crippen LogP contribution in [-0.2, 0) is 20.2 Å². The van der Waals surface area contributed by atoms with Crippen molar-refractivity contribution < 1.29 is 22.3 Å². The number of halogens is 1. The van der Waals surface area contributed by atoms with Gasteiger partial charge in [-0.15, -0.1) is 0 Å². The maximum atomic E-state index is 13.8. The van der Waals surface area contributed by atoms with E-state index in [4.69, 9.17) is 4.74 Å². The number of nitrogens with zero attached hydrogens (tertiary/aromatic N) is 1. The zero-order chi connectivity index (χ0) is 22.8. The van der Waals surface area contributed by atoms with Gasteiger partial charge < -0.3 is 10.1 Å². The van der Waals surface area contributed by atoms with E-state index in [9.17, 15) is 17.6 Å². The van der Waals surface area contributed by atoms with E-state index in [2.05, 4.69) is 5.32 Å². The number of ether oxygens (including phenoxy) is 1. The molecule has 0 atom stereocenters. The molecule has 1 saturated carbocycles. The second-order valence-corrected chi connectivity index (χ2v) is 10.4. The standard InChI is InChI=1S/C24H29FN2O4S/c1-2-31-21-11-10-20(17-22(21)32(29,30)27-14-4-3-5-15-27)26-23(28)24(12-7-13-24)18-8-6-9-19(25)16-18/h6,8-11,16-17H,2-5,7,12-15H2,1H3,(H,26,28). The second-order valence-electron chi connectivity index (χ2n) is 8.46. The summed E-state index contributed by atoms with van der Waals surface area (Å²) in [6.45, 7) is 3.09. The van der Waals surface area contributed by atoms with Crippen molar-refractivity contribution in [1.82, 2.24) is 4.31 Å². The number of rotatable bonds is 7. The van der Waals surface area contributed by atoms with Gasteiger partial charge in [0.1, 0.15) is 16.5 Å². The fraction of sp³-hybridized carbons (Fsp3) is 0.458. The average molecular weight is 461 g/mol. The Hall–Kier alpha value is -2.45. The summed E-state index contributed by atoms with van der Waals surface area (Å²) in [6.07, 6.45) is 4.80. The van der Waals surface area contributed by atoms with E-state index in [1.54, 1.807) is 31.2 Å². The zero-order valence-corrected chi connectivity index (χ0v) is 19.1. The highest BCUT2D eigenvalue weighted by atomic mass is 32.2. The van der Waals surface area contributed by atoms with Crippen molar-refractivity contribution in [3.63, 3.8) is 0 Å². The predicted molar refractivity (Wildman–Crippen MR) is 121 cm³/mol. The zero-order valence-electron chi connectivity index (χ0n) is 18.3. The van der Waals surface area contributed by atoms with Crippen LogP contribution in [-0.4, -0.2) is 38.3 Å². The van der Waals surface area contributed by atoms with Crippen LogP contribution in [0.2, 0.25) is 0 Å². The lowest BCUT2D eigenvalue weighted by Gasteiger charge is -2.40. The molecule has 32 heavy (non-hydrogen) atoms. The van der Waals surface area contributed by atoms with Gasteiger partial charge in [0.15, 0.2) is 0 Å². The Bertz CT molecular complexity index is 1090. The summed E-state index contributed by atoms with van der Waals surface area (Å²) in [4.78, 5) is 13.3. The number of anilines is 1. The first kappa shape index (κ1) is 22.7. The molecule has 2 aliphatic rings. The van der Waals surface area contributed by atoms with Crippen LogP contribution < -0.4 is 10.1 Å². The van der Waals surface area contributed by atoms with Crippen LogP contribution in [0.1, 0.15) is 51.0 Å². The molecule has 0 unspecified atom stereocenters. The number of amides is 1. The molecule has 0 spiro atoms. The molecule has 4 rings (SSSR count). The summed E-state index contributed by atoms with van der Waals surface area (Å²) in [6, 6.07) is 10.9. The first-order valence-corrected chi connectivity index (χ1v) is 12.7. The van der Waals surface area contributed by atoms with Gasteiger partial charge in [0.05, 0.1) is 12.0 Å². The molecule has 1 N–H and O–H groups in total. The molecule has 2 fully saturated rings. The van der Waals surface area contributed by atoms with Crippen molar-refractivity contribution in [3.05, 3.63) is 53.8 Å². The van der Waals surface area contributed by atoms with E-state index in [1.165, 1.54) is 22.5 Å². The SMILES string of the molecule is CCOc1ccc(NC(=O)C2(c3cccc(F)c3)CCC2)cc1S(=O)(=O)N1CCCCC1. The maximum absolute atomic E-state index is 13.8. The van der Waals surface area contributed by atoms with Crippen LogP contribution in [0.5, 0.6) is 5.75 Å². The first-order chi connectivity index (χ1) is 15.4. The van der Waals surface area contributed by atoms with Crippen LogP contribution in [0.15, 0.2) is 47.4 Å². The molecule has 0 radical (unpaired) electrons. The number of carbonyl (C=O) groups excluding carboxylic acids is 1. The lowest BCUT2D eigenvalue weighted by molar-refractivity contribution is -0.124. The van der Waals surface area contributed by atoms with E-state index >= 15 is 0 Å². The molecule has 6 nitrogen and oxygen atoms in total. The minimum Gasteiger partial charge on any atom is -0.492 e. The molecule has 1 saturated heterocycles. The molecule has 172 valence electrons. The fourth-order valence-electron chi connectivity index (χ4n) is 4.52. The van der Waals surface area contributed by atoms with Gasteiger partial charge in [-0.1, -0.05) is 25.0 Å². The van der Waals surface area contributed by atoms with Gasteiger partial charge >= 0.3 is 0 Å². The van der Waals surface area contributed by atoms with E-state index in [1.807, 2.05) is 0 Å².